The molecule has 0 amide bonds. The van der Waals surface area contributed by atoms with Gasteiger partial charge in [-0.3, -0.25) is 14.3 Å². The summed E-state index contributed by atoms with van der Waals surface area (Å²) in [6.45, 7) is 11.3. The maximum atomic E-state index is 13.1. The Balaban J connectivity index is 2.10. The third-order valence-corrected chi connectivity index (χ3v) is 5.80. The Bertz CT molecular complexity index is 852. The van der Waals surface area contributed by atoms with E-state index in [2.05, 4.69) is 51.6 Å². The average molecular weight is 436 g/mol. The molecule has 7 heteroatoms. The van der Waals surface area contributed by atoms with Crippen molar-refractivity contribution in [1.82, 2.24) is 24.3 Å². The van der Waals surface area contributed by atoms with Crippen LogP contribution < -0.4 is 5.56 Å². The van der Waals surface area contributed by atoms with Crippen molar-refractivity contribution in [3.8, 4) is 0 Å². The first-order chi connectivity index (χ1) is 12.9. The van der Waals surface area contributed by atoms with Crippen LogP contribution in [0, 0.1) is 5.92 Å². The van der Waals surface area contributed by atoms with Crippen molar-refractivity contribution in [3.63, 3.8) is 0 Å². The van der Waals surface area contributed by atoms with Gasteiger partial charge in [0.15, 0.2) is 5.65 Å². The molecule has 1 aliphatic heterocycles. The van der Waals surface area contributed by atoms with E-state index in [1.807, 2.05) is 17.6 Å². The zero-order valence-electron chi connectivity index (χ0n) is 16.8. The van der Waals surface area contributed by atoms with Crippen molar-refractivity contribution in [2.45, 2.75) is 46.2 Å². The second kappa shape index (κ2) is 8.80. The van der Waals surface area contributed by atoms with Crippen LogP contribution in [0.2, 0.25) is 0 Å². The highest BCUT2D eigenvalue weighted by Crippen LogP contribution is 2.27. The monoisotopic (exact) mass is 435 g/mol. The fourth-order valence-corrected chi connectivity index (χ4v) is 4.49. The Morgan fingerprint density at radius 3 is 2.78 bits per heavy atom. The maximum Gasteiger partial charge on any atom is 0.263 e. The van der Waals surface area contributed by atoms with Crippen LogP contribution in [0.5, 0.6) is 0 Å². The zero-order valence-corrected chi connectivity index (χ0v) is 18.4. The lowest BCUT2D eigenvalue weighted by atomic mass is 10.1. The van der Waals surface area contributed by atoms with Crippen LogP contribution in [0.4, 0.5) is 0 Å². The Labute approximate surface area is 169 Å². The van der Waals surface area contributed by atoms with Gasteiger partial charge in [0.1, 0.15) is 5.82 Å². The molecular weight excluding hydrogens is 406 g/mol. The molecule has 27 heavy (non-hydrogen) atoms. The molecule has 6 nitrogen and oxygen atoms in total. The Morgan fingerprint density at radius 2 is 2.07 bits per heavy atom. The normalized spacial score (nSPS) is 20.7. The van der Waals surface area contributed by atoms with Crippen LogP contribution in [-0.4, -0.2) is 57.6 Å². The molecule has 2 aromatic rings. The molecule has 3 rings (SSSR count). The molecule has 1 fully saturated rings. The molecule has 0 radical (unpaired) electrons. The van der Waals surface area contributed by atoms with Gasteiger partial charge in [0.2, 0.25) is 0 Å². The van der Waals surface area contributed by atoms with E-state index in [4.69, 9.17) is 4.98 Å². The number of aromatic nitrogens is 3. The highest BCUT2D eigenvalue weighted by atomic mass is 79.9. The van der Waals surface area contributed by atoms with Gasteiger partial charge in [-0.1, -0.05) is 20.3 Å². The zero-order chi connectivity index (χ0) is 19.6. The summed E-state index contributed by atoms with van der Waals surface area (Å²) in [5.74, 6) is 1.46. The first-order valence-corrected chi connectivity index (χ1v) is 10.7. The van der Waals surface area contributed by atoms with E-state index in [9.17, 15) is 4.79 Å². The quantitative estimate of drug-likeness (QED) is 0.720. The second-order valence-electron chi connectivity index (χ2n) is 7.71. The van der Waals surface area contributed by atoms with Crippen LogP contribution in [0.1, 0.15) is 45.5 Å². The van der Waals surface area contributed by atoms with Crippen LogP contribution in [0.25, 0.3) is 11.0 Å². The molecule has 1 aliphatic rings. The molecule has 3 heterocycles. The SMILES string of the molecule is CCC[C@@H](c1nc2ncc(Br)cc2c(=O)n1CC)N1CCN(C)C[C@H](C)C1. The lowest BCUT2D eigenvalue weighted by Gasteiger charge is -2.32. The minimum atomic E-state index is 0.00684. The first-order valence-electron chi connectivity index (χ1n) is 9.93. The standard InChI is InChI=1S/C20H30BrN5O/c1-5-7-17(25-9-8-24(4)12-14(3)13-25)19-23-18-16(10-15(21)11-22-18)20(27)26(19)6-2/h10-11,14,17H,5-9,12-13H2,1-4H3/t14-,17-/m0/s1. The summed E-state index contributed by atoms with van der Waals surface area (Å²) in [4.78, 5) is 27.4. The van der Waals surface area contributed by atoms with Gasteiger partial charge < -0.3 is 4.90 Å². The van der Waals surface area contributed by atoms with Gasteiger partial charge in [-0.15, -0.1) is 0 Å². The number of likely N-dealkylation sites (N-methyl/N-ethyl adjacent to an activating group) is 1. The van der Waals surface area contributed by atoms with E-state index in [0.717, 1.165) is 49.3 Å². The molecule has 2 atom stereocenters. The van der Waals surface area contributed by atoms with Crippen LogP contribution >= 0.6 is 15.9 Å². The maximum absolute atomic E-state index is 13.1. The third-order valence-electron chi connectivity index (χ3n) is 5.36. The van der Waals surface area contributed by atoms with Crippen molar-refractivity contribution in [2.75, 3.05) is 33.2 Å². The molecule has 0 unspecified atom stereocenters. The molecule has 2 aromatic heterocycles. The highest BCUT2D eigenvalue weighted by Gasteiger charge is 2.28. The summed E-state index contributed by atoms with van der Waals surface area (Å²) < 4.78 is 2.65. The molecule has 0 saturated carbocycles. The topological polar surface area (TPSA) is 54.3 Å². The molecule has 0 spiro atoms. The van der Waals surface area contributed by atoms with Gasteiger partial charge in [-0.05, 0) is 48.3 Å². The van der Waals surface area contributed by atoms with Gasteiger partial charge >= 0.3 is 0 Å². The van der Waals surface area contributed by atoms with Crippen LogP contribution in [-0.2, 0) is 6.54 Å². The Morgan fingerprint density at radius 1 is 1.30 bits per heavy atom. The van der Waals surface area contributed by atoms with Gasteiger partial charge in [0, 0.05) is 43.4 Å². The second-order valence-corrected chi connectivity index (χ2v) is 8.63. The Hall–Kier alpha value is -1.31. The molecule has 0 aliphatic carbocycles. The number of fused-ring (bicyclic) bond motifs is 1. The third kappa shape index (κ3) is 4.41. The minimum Gasteiger partial charge on any atom is -0.305 e. The van der Waals surface area contributed by atoms with E-state index in [1.54, 1.807) is 6.20 Å². The summed E-state index contributed by atoms with van der Waals surface area (Å²) in [7, 11) is 2.19. The van der Waals surface area contributed by atoms with E-state index in [0.29, 0.717) is 23.5 Å². The predicted octanol–water partition coefficient (Wildman–Crippen LogP) is 3.30. The highest BCUT2D eigenvalue weighted by molar-refractivity contribution is 9.10. The average Bonchev–Trinajstić information content (AvgIpc) is 2.80. The van der Waals surface area contributed by atoms with E-state index < -0.39 is 0 Å². The molecule has 148 valence electrons. The van der Waals surface area contributed by atoms with E-state index >= 15 is 0 Å². The summed E-state index contributed by atoms with van der Waals surface area (Å²) in [5, 5.41) is 0.578. The van der Waals surface area contributed by atoms with Gasteiger partial charge in [0.25, 0.3) is 5.56 Å². The largest absolute Gasteiger partial charge is 0.305 e. The summed E-state index contributed by atoms with van der Waals surface area (Å²) >= 11 is 3.42. The van der Waals surface area contributed by atoms with Crippen molar-refractivity contribution in [3.05, 3.63) is 32.9 Å². The van der Waals surface area contributed by atoms with Crippen molar-refractivity contribution >= 4 is 27.0 Å². The number of hydrogen-bond acceptors (Lipinski definition) is 5. The minimum absolute atomic E-state index is 0.00684. The molecule has 1 saturated heterocycles. The lowest BCUT2D eigenvalue weighted by molar-refractivity contribution is 0.167. The Kier molecular flexibility index (Phi) is 6.65. The van der Waals surface area contributed by atoms with Crippen LogP contribution in [0.15, 0.2) is 21.5 Å². The van der Waals surface area contributed by atoms with Crippen LogP contribution in [0.3, 0.4) is 0 Å². The number of pyridine rings is 1. The number of halogens is 1. The lowest BCUT2D eigenvalue weighted by Crippen LogP contribution is -2.38. The number of rotatable bonds is 5. The van der Waals surface area contributed by atoms with Crippen molar-refractivity contribution in [2.24, 2.45) is 5.92 Å². The van der Waals surface area contributed by atoms with E-state index in [-0.39, 0.29) is 11.6 Å². The summed E-state index contributed by atoms with van der Waals surface area (Å²) in [6, 6.07) is 1.97. The summed E-state index contributed by atoms with van der Waals surface area (Å²) in [6.07, 6.45) is 3.76. The van der Waals surface area contributed by atoms with Crippen molar-refractivity contribution < 1.29 is 0 Å². The van der Waals surface area contributed by atoms with E-state index in [1.165, 1.54) is 0 Å². The molecule has 0 aromatic carbocycles. The fourth-order valence-electron chi connectivity index (χ4n) is 4.16. The molecule has 0 bridgehead atoms. The summed E-state index contributed by atoms with van der Waals surface area (Å²) in [5.41, 5.74) is 0.552. The fraction of sp³-hybridized carbons (Fsp3) is 0.650. The predicted molar refractivity (Wildman–Crippen MR) is 113 cm³/mol. The number of hydrogen-bond donors (Lipinski definition) is 0. The molecular formula is C20H30BrN5O. The molecule has 0 N–H and O–H groups in total. The first kappa shape index (κ1) is 20.4. The number of nitrogens with zero attached hydrogens (tertiary/aromatic N) is 5. The van der Waals surface area contributed by atoms with Crippen molar-refractivity contribution in [1.29, 1.82) is 0 Å². The van der Waals surface area contributed by atoms with Gasteiger partial charge in [0.05, 0.1) is 11.4 Å². The smallest absolute Gasteiger partial charge is 0.263 e. The van der Waals surface area contributed by atoms with Gasteiger partial charge in [-0.2, -0.15) is 0 Å². The van der Waals surface area contributed by atoms with Gasteiger partial charge in [-0.25, -0.2) is 9.97 Å².